The van der Waals surface area contributed by atoms with E-state index in [1.54, 1.807) is 4.90 Å². The topological polar surface area (TPSA) is 102 Å². The molecule has 1 aliphatic rings. The zero-order valence-electron chi connectivity index (χ0n) is 14.6. The lowest BCUT2D eigenvalue weighted by Gasteiger charge is -2.25. The molecule has 10 heteroatoms. The fourth-order valence-corrected chi connectivity index (χ4v) is 4.00. The minimum atomic E-state index is -4.08. The number of anilines is 1. The van der Waals surface area contributed by atoms with Crippen molar-refractivity contribution < 1.29 is 26.9 Å². The fraction of sp³-hybridized carbons (Fsp3) is 0.222. The number of rotatable bonds is 4. The average Bonchev–Trinajstić information content (AvgIpc) is 3.13. The Morgan fingerprint density at radius 3 is 2.64 bits per heavy atom. The van der Waals surface area contributed by atoms with Crippen LogP contribution in [0, 0.1) is 5.82 Å². The van der Waals surface area contributed by atoms with Crippen LogP contribution in [0.2, 0.25) is 0 Å². The number of hydrogen-bond acceptors (Lipinski definition) is 6. The summed E-state index contributed by atoms with van der Waals surface area (Å²) >= 11 is 0. The number of hydrogen-bond donors (Lipinski definition) is 1. The number of halogens is 1. The minimum absolute atomic E-state index is 0.0276. The van der Waals surface area contributed by atoms with Crippen LogP contribution in [0.25, 0.3) is 11.0 Å². The van der Waals surface area contributed by atoms with Crippen LogP contribution < -0.4 is 4.72 Å². The molecule has 28 heavy (non-hydrogen) atoms. The molecular formula is C18H16FN3O5S. The maximum Gasteiger partial charge on any atom is 0.276 e. The maximum absolute atomic E-state index is 13.8. The molecule has 0 bridgehead atoms. The lowest BCUT2D eigenvalue weighted by Crippen LogP contribution is -2.40. The van der Waals surface area contributed by atoms with Crippen molar-refractivity contribution in [3.8, 4) is 0 Å². The van der Waals surface area contributed by atoms with Gasteiger partial charge >= 0.3 is 0 Å². The Bertz CT molecular complexity index is 1140. The van der Waals surface area contributed by atoms with Crippen molar-refractivity contribution in [2.45, 2.75) is 4.90 Å². The number of fused-ring (bicyclic) bond motifs is 1. The van der Waals surface area contributed by atoms with Gasteiger partial charge in [-0.3, -0.25) is 9.52 Å². The molecule has 3 aromatic rings. The number of morpholine rings is 1. The molecule has 1 saturated heterocycles. The second kappa shape index (κ2) is 7.21. The summed E-state index contributed by atoms with van der Waals surface area (Å²) in [4.78, 5) is 14.1. The zero-order chi connectivity index (χ0) is 19.7. The third-order valence-electron chi connectivity index (χ3n) is 4.37. The van der Waals surface area contributed by atoms with Gasteiger partial charge in [0, 0.05) is 13.1 Å². The van der Waals surface area contributed by atoms with Crippen molar-refractivity contribution in [2.24, 2.45) is 0 Å². The van der Waals surface area contributed by atoms with Gasteiger partial charge in [-0.05, 0) is 30.3 Å². The molecule has 146 valence electrons. The van der Waals surface area contributed by atoms with Gasteiger partial charge in [0.2, 0.25) is 0 Å². The summed E-state index contributed by atoms with van der Waals surface area (Å²) in [5.74, 6) is -1.06. The van der Waals surface area contributed by atoms with Crippen molar-refractivity contribution >= 4 is 32.6 Å². The number of carbonyl (C=O) groups is 1. The third-order valence-corrected chi connectivity index (χ3v) is 5.73. The van der Waals surface area contributed by atoms with Crippen molar-refractivity contribution in [1.29, 1.82) is 0 Å². The highest BCUT2D eigenvalue weighted by molar-refractivity contribution is 7.92. The molecule has 0 unspecified atom stereocenters. The number of nitrogens with one attached hydrogen (secondary N) is 1. The number of para-hydroxylation sites is 1. The highest BCUT2D eigenvalue weighted by atomic mass is 32.2. The SMILES string of the molecule is O=C(c1noc2ccc(S(=O)(=O)Nc3ccccc3F)cc12)N1CCOCC1. The van der Waals surface area contributed by atoms with E-state index in [9.17, 15) is 17.6 Å². The molecule has 1 N–H and O–H groups in total. The first-order valence-corrected chi connectivity index (χ1v) is 9.98. The van der Waals surface area contributed by atoms with E-state index in [1.165, 1.54) is 36.4 Å². The fourth-order valence-electron chi connectivity index (χ4n) is 2.90. The second-order valence-electron chi connectivity index (χ2n) is 6.18. The van der Waals surface area contributed by atoms with Gasteiger partial charge in [0.05, 0.1) is 29.2 Å². The molecule has 1 aromatic heterocycles. The Kier molecular flexibility index (Phi) is 4.73. The number of sulfonamides is 1. The van der Waals surface area contributed by atoms with Crippen LogP contribution in [0.1, 0.15) is 10.5 Å². The van der Waals surface area contributed by atoms with Crippen LogP contribution in [-0.2, 0) is 14.8 Å². The number of carbonyl (C=O) groups excluding carboxylic acids is 1. The van der Waals surface area contributed by atoms with Gasteiger partial charge in [-0.15, -0.1) is 0 Å². The predicted octanol–water partition coefficient (Wildman–Crippen LogP) is 2.24. The first kappa shape index (κ1) is 18.4. The number of aromatic nitrogens is 1. The van der Waals surface area contributed by atoms with E-state index in [0.29, 0.717) is 26.3 Å². The molecule has 1 amide bonds. The first-order chi connectivity index (χ1) is 13.5. The second-order valence-corrected chi connectivity index (χ2v) is 7.86. The molecular weight excluding hydrogens is 389 g/mol. The van der Waals surface area contributed by atoms with Gasteiger partial charge in [-0.25, -0.2) is 12.8 Å². The zero-order valence-corrected chi connectivity index (χ0v) is 15.4. The summed E-state index contributed by atoms with van der Waals surface area (Å²) < 4.78 is 51.7. The van der Waals surface area contributed by atoms with Crippen molar-refractivity contribution in [3.05, 3.63) is 54.0 Å². The Morgan fingerprint density at radius 2 is 1.89 bits per heavy atom. The van der Waals surface area contributed by atoms with Crippen LogP contribution in [-0.4, -0.2) is 50.7 Å². The summed E-state index contributed by atoms with van der Waals surface area (Å²) in [6, 6.07) is 9.46. The smallest absolute Gasteiger partial charge is 0.276 e. The molecule has 4 rings (SSSR count). The molecule has 0 spiro atoms. The minimum Gasteiger partial charge on any atom is -0.378 e. The van der Waals surface area contributed by atoms with Gasteiger partial charge in [0.15, 0.2) is 11.3 Å². The van der Waals surface area contributed by atoms with E-state index >= 15 is 0 Å². The largest absolute Gasteiger partial charge is 0.378 e. The molecule has 0 saturated carbocycles. The molecule has 8 nitrogen and oxygen atoms in total. The van der Waals surface area contributed by atoms with Gasteiger partial charge in [-0.1, -0.05) is 17.3 Å². The summed E-state index contributed by atoms with van der Waals surface area (Å²) in [7, 11) is -4.08. The first-order valence-electron chi connectivity index (χ1n) is 8.49. The third kappa shape index (κ3) is 3.43. The van der Waals surface area contributed by atoms with E-state index < -0.39 is 15.8 Å². The highest BCUT2D eigenvalue weighted by Gasteiger charge is 2.25. The Labute approximate surface area is 159 Å². The molecule has 0 atom stereocenters. The average molecular weight is 405 g/mol. The molecule has 0 radical (unpaired) electrons. The lowest BCUT2D eigenvalue weighted by atomic mass is 10.2. The summed E-state index contributed by atoms with van der Waals surface area (Å²) in [6.07, 6.45) is 0. The van der Waals surface area contributed by atoms with E-state index in [-0.39, 0.29) is 33.2 Å². The molecule has 2 aromatic carbocycles. The van der Waals surface area contributed by atoms with E-state index in [0.717, 1.165) is 6.07 Å². The Balaban J connectivity index is 1.69. The normalized spacial score (nSPS) is 15.0. The molecule has 0 aliphatic carbocycles. The van der Waals surface area contributed by atoms with Crippen LogP contribution in [0.4, 0.5) is 10.1 Å². The molecule has 1 fully saturated rings. The maximum atomic E-state index is 13.8. The number of amides is 1. The van der Waals surface area contributed by atoms with Gasteiger partial charge in [-0.2, -0.15) is 0 Å². The van der Waals surface area contributed by atoms with Gasteiger partial charge in [0.1, 0.15) is 5.82 Å². The van der Waals surface area contributed by atoms with Gasteiger partial charge in [0.25, 0.3) is 15.9 Å². The number of ether oxygens (including phenoxy) is 1. The Morgan fingerprint density at radius 1 is 1.14 bits per heavy atom. The summed E-state index contributed by atoms with van der Waals surface area (Å²) in [5, 5.41) is 4.08. The lowest BCUT2D eigenvalue weighted by molar-refractivity contribution is 0.0297. The van der Waals surface area contributed by atoms with Crippen LogP contribution in [0.5, 0.6) is 0 Å². The highest BCUT2D eigenvalue weighted by Crippen LogP contribution is 2.25. The Hall–Kier alpha value is -2.98. The van der Waals surface area contributed by atoms with E-state index in [2.05, 4.69) is 9.88 Å². The summed E-state index contributed by atoms with van der Waals surface area (Å²) in [6.45, 7) is 1.68. The van der Waals surface area contributed by atoms with Crippen molar-refractivity contribution in [1.82, 2.24) is 10.1 Å². The monoisotopic (exact) mass is 405 g/mol. The van der Waals surface area contributed by atoms with Crippen LogP contribution >= 0.6 is 0 Å². The predicted molar refractivity (Wildman–Crippen MR) is 97.9 cm³/mol. The van der Waals surface area contributed by atoms with Crippen LogP contribution in [0.3, 0.4) is 0 Å². The molecule has 2 heterocycles. The summed E-state index contributed by atoms with van der Waals surface area (Å²) in [5.41, 5.74) is 0.138. The van der Waals surface area contributed by atoms with Crippen LogP contribution in [0.15, 0.2) is 51.9 Å². The van der Waals surface area contributed by atoms with E-state index in [1.807, 2.05) is 0 Å². The number of nitrogens with zero attached hydrogens (tertiary/aromatic N) is 2. The standard InChI is InChI=1S/C18H16FN3O5S/c19-14-3-1-2-4-15(14)21-28(24,25)12-5-6-16-13(11-12)17(20-27-16)18(23)22-7-9-26-10-8-22/h1-6,11,21H,7-10H2. The van der Waals surface area contributed by atoms with Crippen molar-refractivity contribution in [2.75, 3.05) is 31.0 Å². The van der Waals surface area contributed by atoms with Crippen molar-refractivity contribution in [3.63, 3.8) is 0 Å². The van der Waals surface area contributed by atoms with Gasteiger partial charge < -0.3 is 14.2 Å². The van der Waals surface area contributed by atoms with E-state index in [4.69, 9.17) is 9.26 Å². The number of benzene rings is 2. The quantitative estimate of drug-likeness (QED) is 0.714. The molecule has 1 aliphatic heterocycles.